The molecule has 5 heteroatoms. The van der Waals surface area contributed by atoms with Gasteiger partial charge in [-0.3, -0.25) is 4.79 Å². The zero-order valence-corrected chi connectivity index (χ0v) is 11.6. The highest BCUT2D eigenvalue weighted by Crippen LogP contribution is 2.22. The minimum atomic E-state index is -0.153. The van der Waals surface area contributed by atoms with Gasteiger partial charge in [-0.15, -0.1) is 0 Å². The smallest absolute Gasteiger partial charge is 0.287 e. The average Bonchev–Trinajstić information content (AvgIpc) is 2.81. The van der Waals surface area contributed by atoms with Crippen molar-refractivity contribution in [1.29, 1.82) is 0 Å². The van der Waals surface area contributed by atoms with Crippen LogP contribution in [0, 0.1) is 0 Å². The molecule has 1 unspecified atom stereocenters. The summed E-state index contributed by atoms with van der Waals surface area (Å²) in [5.41, 5.74) is 7.08. The van der Waals surface area contributed by atoms with Crippen molar-refractivity contribution in [3.8, 4) is 0 Å². The Kier molecular flexibility index (Phi) is 3.36. The van der Waals surface area contributed by atoms with E-state index in [1.807, 2.05) is 6.07 Å². The fraction of sp³-hybridized carbons (Fsp3) is 0.400. The Labute approximate surface area is 117 Å². The molecular formula is C15H19N3O2. The van der Waals surface area contributed by atoms with Crippen LogP contribution in [0.2, 0.25) is 0 Å². The lowest BCUT2D eigenvalue weighted by molar-refractivity contribution is 0.0886. The molecule has 1 atom stereocenters. The van der Waals surface area contributed by atoms with Gasteiger partial charge in [-0.1, -0.05) is 0 Å². The summed E-state index contributed by atoms with van der Waals surface area (Å²) in [7, 11) is 2.07. The number of carbonyl (C=O) groups is 1. The molecule has 1 amide bonds. The van der Waals surface area contributed by atoms with Crippen LogP contribution in [0.15, 0.2) is 28.7 Å². The maximum Gasteiger partial charge on any atom is 0.287 e. The Balaban J connectivity index is 1.75. The third-order valence-electron chi connectivity index (χ3n) is 3.72. The van der Waals surface area contributed by atoms with Crippen LogP contribution in [0.1, 0.15) is 23.4 Å². The number of nitrogens with zero attached hydrogens (tertiary/aromatic N) is 1. The monoisotopic (exact) mass is 273 g/mol. The zero-order chi connectivity index (χ0) is 14.1. The number of carbonyl (C=O) groups excluding carboxylic acids is 1. The molecule has 1 fully saturated rings. The summed E-state index contributed by atoms with van der Waals surface area (Å²) in [6.45, 7) is 1.98. The fourth-order valence-corrected chi connectivity index (χ4v) is 2.71. The van der Waals surface area contributed by atoms with E-state index in [1.165, 1.54) is 0 Å². The van der Waals surface area contributed by atoms with Crippen LogP contribution in [-0.4, -0.2) is 37.0 Å². The Hall–Kier alpha value is -2.01. The summed E-state index contributed by atoms with van der Waals surface area (Å²) in [6.07, 6.45) is 2.13. The lowest BCUT2D eigenvalue weighted by atomic mass is 10.1. The maximum atomic E-state index is 12.2. The standard InChI is InChI=1S/C15H19N3O2/c1-18-6-2-3-12(9-18)17-15(19)14-8-10-7-11(16)4-5-13(10)20-14/h4-5,7-8,12H,2-3,6,9,16H2,1H3,(H,17,19). The number of nitrogen functional groups attached to an aromatic ring is 1. The number of hydrogen-bond donors (Lipinski definition) is 2. The number of fused-ring (bicyclic) bond motifs is 1. The van der Waals surface area contributed by atoms with Crippen LogP contribution in [0.4, 0.5) is 5.69 Å². The Bertz CT molecular complexity index is 635. The molecule has 0 radical (unpaired) electrons. The average molecular weight is 273 g/mol. The van der Waals surface area contributed by atoms with Gasteiger partial charge in [0.2, 0.25) is 0 Å². The number of anilines is 1. The normalized spacial score (nSPS) is 20.1. The molecule has 1 saturated heterocycles. The molecule has 20 heavy (non-hydrogen) atoms. The molecule has 0 saturated carbocycles. The predicted octanol–water partition coefficient (Wildman–Crippen LogP) is 1.84. The number of nitrogens with two attached hydrogens (primary N) is 1. The molecule has 0 bridgehead atoms. The van der Waals surface area contributed by atoms with Gasteiger partial charge in [0.15, 0.2) is 5.76 Å². The van der Waals surface area contributed by atoms with E-state index in [1.54, 1.807) is 18.2 Å². The molecule has 1 aliphatic heterocycles. The van der Waals surface area contributed by atoms with Crippen LogP contribution in [0.5, 0.6) is 0 Å². The number of rotatable bonds is 2. The molecule has 3 rings (SSSR count). The van der Waals surface area contributed by atoms with Crippen LogP contribution >= 0.6 is 0 Å². The van der Waals surface area contributed by atoms with Crippen molar-refractivity contribution in [2.24, 2.45) is 0 Å². The highest BCUT2D eigenvalue weighted by molar-refractivity contribution is 5.96. The first-order valence-corrected chi connectivity index (χ1v) is 6.90. The number of furan rings is 1. The van der Waals surface area contributed by atoms with Gasteiger partial charge in [-0.2, -0.15) is 0 Å². The lowest BCUT2D eigenvalue weighted by Crippen LogP contribution is -2.46. The van der Waals surface area contributed by atoms with Gasteiger partial charge in [0.05, 0.1) is 0 Å². The van der Waals surface area contributed by atoms with Crippen LogP contribution in [0.3, 0.4) is 0 Å². The lowest BCUT2D eigenvalue weighted by Gasteiger charge is -2.29. The largest absolute Gasteiger partial charge is 0.451 e. The second-order valence-corrected chi connectivity index (χ2v) is 5.48. The number of benzene rings is 1. The van der Waals surface area contributed by atoms with E-state index < -0.39 is 0 Å². The van der Waals surface area contributed by atoms with Gasteiger partial charge in [-0.05, 0) is 50.7 Å². The Morgan fingerprint density at radius 1 is 1.45 bits per heavy atom. The fourth-order valence-electron chi connectivity index (χ4n) is 2.71. The van der Waals surface area contributed by atoms with Gasteiger partial charge in [0.1, 0.15) is 5.58 Å². The molecule has 2 aromatic rings. The highest BCUT2D eigenvalue weighted by atomic mass is 16.3. The van der Waals surface area contributed by atoms with Crippen molar-refractivity contribution in [1.82, 2.24) is 10.2 Å². The summed E-state index contributed by atoms with van der Waals surface area (Å²) < 4.78 is 5.57. The predicted molar refractivity (Wildman–Crippen MR) is 78.6 cm³/mol. The van der Waals surface area contributed by atoms with E-state index in [4.69, 9.17) is 10.2 Å². The quantitative estimate of drug-likeness (QED) is 0.819. The maximum absolute atomic E-state index is 12.2. The third kappa shape index (κ3) is 2.63. The van der Waals surface area contributed by atoms with Crippen molar-refractivity contribution in [3.63, 3.8) is 0 Å². The number of likely N-dealkylation sites (N-methyl/N-ethyl adjacent to an activating group) is 1. The molecule has 3 N–H and O–H groups in total. The molecule has 1 aliphatic rings. The number of likely N-dealkylation sites (tertiary alicyclic amines) is 1. The molecule has 106 valence electrons. The van der Waals surface area contributed by atoms with E-state index in [9.17, 15) is 4.79 Å². The van der Waals surface area contributed by atoms with E-state index in [0.717, 1.165) is 31.3 Å². The topological polar surface area (TPSA) is 71.5 Å². The second kappa shape index (κ2) is 5.17. The van der Waals surface area contributed by atoms with Crippen molar-refractivity contribution in [2.75, 3.05) is 25.9 Å². The summed E-state index contributed by atoms with van der Waals surface area (Å²) in [6, 6.07) is 7.30. The molecule has 0 aliphatic carbocycles. The first-order valence-electron chi connectivity index (χ1n) is 6.90. The minimum Gasteiger partial charge on any atom is -0.451 e. The summed E-state index contributed by atoms with van der Waals surface area (Å²) >= 11 is 0. The molecular weight excluding hydrogens is 254 g/mol. The zero-order valence-electron chi connectivity index (χ0n) is 11.6. The minimum absolute atomic E-state index is 0.153. The van der Waals surface area contributed by atoms with Gasteiger partial charge >= 0.3 is 0 Å². The highest BCUT2D eigenvalue weighted by Gasteiger charge is 2.21. The van der Waals surface area contributed by atoms with E-state index in [-0.39, 0.29) is 11.9 Å². The van der Waals surface area contributed by atoms with Crippen LogP contribution < -0.4 is 11.1 Å². The summed E-state index contributed by atoms with van der Waals surface area (Å²) in [5.74, 6) is 0.193. The van der Waals surface area contributed by atoms with Gasteiger partial charge in [0.25, 0.3) is 5.91 Å². The van der Waals surface area contributed by atoms with E-state index >= 15 is 0 Å². The van der Waals surface area contributed by atoms with Crippen molar-refractivity contribution < 1.29 is 9.21 Å². The first kappa shape index (κ1) is 13.0. The molecule has 1 aromatic carbocycles. The molecule has 1 aromatic heterocycles. The van der Waals surface area contributed by atoms with Gasteiger partial charge in [-0.25, -0.2) is 0 Å². The summed E-state index contributed by atoms with van der Waals surface area (Å²) in [5, 5.41) is 3.89. The van der Waals surface area contributed by atoms with Gasteiger partial charge in [0, 0.05) is 23.7 Å². The second-order valence-electron chi connectivity index (χ2n) is 5.48. The number of piperidine rings is 1. The molecule has 5 nitrogen and oxygen atoms in total. The Morgan fingerprint density at radius 3 is 3.10 bits per heavy atom. The van der Waals surface area contributed by atoms with Crippen molar-refractivity contribution >= 4 is 22.6 Å². The van der Waals surface area contributed by atoms with Crippen molar-refractivity contribution in [3.05, 3.63) is 30.0 Å². The summed E-state index contributed by atoms with van der Waals surface area (Å²) in [4.78, 5) is 14.4. The van der Waals surface area contributed by atoms with E-state index in [2.05, 4.69) is 17.3 Å². The number of hydrogen-bond acceptors (Lipinski definition) is 4. The van der Waals surface area contributed by atoms with Crippen LogP contribution in [-0.2, 0) is 0 Å². The van der Waals surface area contributed by atoms with Gasteiger partial charge < -0.3 is 20.4 Å². The first-order chi connectivity index (χ1) is 9.61. The molecule has 2 heterocycles. The number of amides is 1. The number of nitrogens with one attached hydrogen (secondary N) is 1. The SMILES string of the molecule is CN1CCCC(NC(=O)c2cc3cc(N)ccc3o2)C1. The van der Waals surface area contributed by atoms with E-state index in [0.29, 0.717) is 17.0 Å². The van der Waals surface area contributed by atoms with Crippen molar-refractivity contribution in [2.45, 2.75) is 18.9 Å². The van der Waals surface area contributed by atoms with Crippen LogP contribution in [0.25, 0.3) is 11.0 Å². The third-order valence-corrected chi connectivity index (χ3v) is 3.72. The Morgan fingerprint density at radius 2 is 2.30 bits per heavy atom. The molecule has 0 spiro atoms.